The Morgan fingerprint density at radius 3 is 2.44 bits per heavy atom. The van der Waals surface area contributed by atoms with E-state index >= 15 is 0 Å². The number of fused-ring (bicyclic) bond motifs is 3. The number of Topliss-reactive ketones (excluding diaryl/α,β-unsaturated/α-hetero) is 2. The van der Waals surface area contributed by atoms with Gasteiger partial charge in [-0.05, 0) is 34.1 Å². The maximum absolute atomic E-state index is 13.7. The molecule has 10 heteroatoms. The number of ether oxygens (including phenoxy) is 1. The van der Waals surface area contributed by atoms with Gasteiger partial charge in [0, 0.05) is 23.4 Å². The van der Waals surface area contributed by atoms with Crippen LogP contribution in [0.3, 0.4) is 0 Å². The van der Waals surface area contributed by atoms with E-state index in [1.807, 2.05) is 0 Å². The minimum absolute atomic E-state index is 0.00972. The minimum Gasteiger partial charge on any atom is -0.507 e. The Labute approximate surface area is 184 Å². The first-order chi connectivity index (χ1) is 14.8. The van der Waals surface area contributed by atoms with Gasteiger partial charge in [0.2, 0.25) is 0 Å². The zero-order chi connectivity index (χ0) is 23.7. The van der Waals surface area contributed by atoms with Crippen molar-refractivity contribution in [3.05, 3.63) is 39.8 Å². The highest BCUT2D eigenvalue weighted by atomic mass is 32.2. The van der Waals surface area contributed by atoms with Crippen LogP contribution in [-0.4, -0.2) is 53.5 Å². The van der Waals surface area contributed by atoms with Gasteiger partial charge < -0.3 is 20.3 Å². The number of aromatic hydroxyl groups is 2. The summed E-state index contributed by atoms with van der Waals surface area (Å²) in [6.07, 6.45) is 1.49. The zero-order valence-electron chi connectivity index (χ0n) is 18.0. The molecule has 0 radical (unpaired) electrons. The molecule has 3 N–H and O–H groups in total. The number of phenolic OH excluding ortho intramolecular Hbond substituents is 2. The third kappa shape index (κ3) is 2.96. The molecule has 1 saturated heterocycles. The van der Waals surface area contributed by atoms with E-state index in [-0.39, 0.29) is 51.0 Å². The van der Waals surface area contributed by atoms with Crippen LogP contribution in [-0.2, 0) is 24.8 Å². The third-order valence-electron chi connectivity index (χ3n) is 6.41. The normalized spacial score (nSPS) is 27.4. The molecule has 1 aromatic carbocycles. The molecule has 2 aliphatic heterocycles. The summed E-state index contributed by atoms with van der Waals surface area (Å²) < 4.78 is 29.2. The minimum atomic E-state index is -3.17. The number of hydrogen-bond acceptors (Lipinski definition) is 9. The number of allylic oxidation sites excluding steroid dienone is 4. The second-order valence-electron chi connectivity index (χ2n) is 8.63. The largest absolute Gasteiger partial charge is 0.507 e. The first-order valence-electron chi connectivity index (χ1n) is 10.1. The SMILES string of the molecule is CC(=O)c1c(O)c(C)c(O)c2c1OC1=CC(=O)/C(=C(/C)N[C@@H]3CCS(=O)(=O)C3)C(=O)[C@@]12C. The van der Waals surface area contributed by atoms with E-state index in [1.165, 1.54) is 27.7 Å². The quantitative estimate of drug-likeness (QED) is 0.345. The molecule has 3 aliphatic rings. The predicted octanol–water partition coefficient (Wildman–Crippen LogP) is 1.35. The molecule has 32 heavy (non-hydrogen) atoms. The van der Waals surface area contributed by atoms with Gasteiger partial charge in [-0.1, -0.05) is 0 Å². The molecule has 2 heterocycles. The molecule has 9 nitrogen and oxygen atoms in total. The number of hydrogen-bond donors (Lipinski definition) is 3. The number of carbonyl (C=O) groups excluding carboxylic acids is 3. The summed E-state index contributed by atoms with van der Waals surface area (Å²) in [5, 5.41) is 24.2. The van der Waals surface area contributed by atoms with E-state index in [1.54, 1.807) is 0 Å². The van der Waals surface area contributed by atoms with Gasteiger partial charge in [0.25, 0.3) is 0 Å². The molecule has 1 fully saturated rings. The molecular formula is C22H23NO8S. The van der Waals surface area contributed by atoms with Crippen molar-refractivity contribution in [1.29, 1.82) is 0 Å². The highest BCUT2D eigenvalue weighted by molar-refractivity contribution is 7.91. The van der Waals surface area contributed by atoms with Crippen LogP contribution in [0, 0.1) is 6.92 Å². The molecule has 0 amide bonds. The van der Waals surface area contributed by atoms with Crippen molar-refractivity contribution in [1.82, 2.24) is 5.32 Å². The Kier molecular flexibility index (Phi) is 4.78. The molecule has 2 atom stereocenters. The molecule has 0 spiro atoms. The van der Waals surface area contributed by atoms with Crippen LogP contribution in [0.2, 0.25) is 0 Å². The molecule has 1 aromatic rings. The Hall–Kier alpha value is -3.14. The van der Waals surface area contributed by atoms with E-state index in [9.17, 15) is 33.0 Å². The number of carbonyl (C=O) groups is 3. The lowest BCUT2D eigenvalue weighted by atomic mass is 9.70. The number of rotatable bonds is 3. The number of nitrogens with one attached hydrogen (secondary N) is 1. The third-order valence-corrected chi connectivity index (χ3v) is 8.18. The van der Waals surface area contributed by atoms with Crippen LogP contribution in [0.1, 0.15) is 48.7 Å². The van der Waals surface area contributed by atoms with Crippen molar-refractivity contribution in [3.8, 4) is 17.2 Å². The smallest absolute Gasteiger partial charge is 0.194 e. The first kappa shape index (κ1) is 22.1. The van der Waals surface area contributed by atoms with E-state index < -0.39 is 50.1 Å². The first-order valence-corrected chi connectivity index (χ1v) is 11.9. The van der Waals surface area contributed by atoms with Crippen LogP contribution in [0.4, 0.5) is 0 Å². The van der Waals surface area contributed by atoms with Gasteiger partial charge in [0.15, 0.2) is 27.2 Å². The van der Waals surface area contributed by atoms with Crippen LogP contribution < -0.4 is 10.1 Å². The fourth-order valence-electron chi connectivity index (χ4n) is 4.65. The monoisotopic (exact) mass is 461 g/mol. The number of phenols is 2. The van der Waals surface area contributed by atoms with Gasteiger partial charge in [-0.3, -0.25) is 14.4 Å². The van der Waals surface area contributed by atoms with E-state index in [2.05, 4.69) is 5.32 Å². The summed E-state index contributed by atoms with van der Waals surface area (Å²) in [5.74, 6) is -2.93. The molecule has 0 aromatic heterocycles. The highest BCUT2D eigenvalue weighted by Gasteiger charge is 2.56. The van der Waals surface area contributed by atoms with Gasteiger partial charge in [0.1, 0.15) is 34.0 Å². The van der Waals surface area contributed by atoms with Crippen LogP contribution in [0.5, 0.6) is 17.2 Å². The highest BCUT2D eigenvalue weighted by Crippen LogP contribution is 2.57. The maximum atomic E-state index is 13.7. The lowest BCUT2D eigenvalue weighted by Crippen LogP contribution is -2.42. The summed E-state index contributed by atoms with van der Waals surface area (Å²) >= 11 is 0. The predicted molar refractivity (Wildman–Crippen MR) is 113 cm³/mol. The van der Waals surface area contributed by atoms with Crippen LogP contribution >= 0.6 is 0 Å². The van der Waals surface area contributed by atoms with Crippen LogP contribution in [0.25, 0.3) is 0 Å². The number of sulfone groups is 1. The topological polar surface area (TPSA) is 147 Å². The molecule has 0 bridgehead atoms. The van der Waals surface area contributed by atoms with Crippen molar-refractivity contribution in [2.45, 2.75) is 45.6 Å². The molecule has 4 rings (SSSR count). The van der Waals surface area contributed by atoms with Crippen molar-refractivity contribution in [3.63, 3.8) is 0 Å². The summed E-state index contributed by atoms with van der Waals surface area (Å²) in [6.45, 7) is 5.63. The Balaban J connectivity index is 1.87. The molecule has 1 aliphatic carbocycles. The second kappa shape index (κ2) is 6.93. The molecule has 170 valence electrons. The van der Waals surface area contributed by atoms with Gasteiger partial charge in [-0.2, -0.15) is 0 Å². The van der Waals surface area contributed by atoms with Crippen molar-refractivity contribution in [2.24, 2.45) is 0 Å². The van der Waals surface area contributed by atoms with Crippen molar-refractivity contribution >= 4 is 27.2 Å². The number of ketones is 3. The van der Waals surface area contributed by atoms with E-state index in [0.29, 0.717) is 6.42 Å². The van der Waals surface area contributed by atoms with E-state index in [4.69, 9.17) is 4.74 Å². The fourth-order valence-corrected chi connectivity index (χ4v) is 6.32. The summed E-state index contributed by atoms with van der Waals surface area (Å²) in [6, 6.07) is -0.421. The lowest BCUT2D eigenvalue weighted by Gasteiger charge is -2.29. The maximum Gasteiger partial charge on any atom is 0.194 e. The number of benzene rings is 1. The standard InChI is InChI=1S/C22H23NO8S/c1-9-18(26)16(11(3)24)20-17(19(9)27)22(4)14(31-20)7-13(25)15(21(22)28)10(2)23-12-5-6-32(29,30)8-12/h7,12,23,26-27H,5-6,8H2,1-4H3/b15-10+/t12-,22+/m1/s1. The van der Waals surface area contributed by atoms with Gasteiger partial charge in [0.05, 0.1) is 22.6 Å². The van der Waals surface area contributed by atoms with Crippen molar-refractivity contribution in [2.75, 3.05) is 11.5 Å². The second-order valence-corrected chi connectivity index (χ2v) is 10.9. The Morgan fingerprint density at radius 1 is 1.22 bits per heavy atom. The zero-order valence-corrected chi connectivity index (χ0v) is 18.8. The Morgan fingerprint density at radius 2 is 1.88 bits per heavy atom. The summed E-state index contributed by atoms with van der Waals surface area (Å²) in [7, 11) is -3.17. The van der Waals surface area contributed by atoms with Gasteiger partial charge in [-0.15, -0.1) is 0 Å². The average molecular weight is 461 g/mol. The molecule has 0 unspecified atom stereocenters. The lowest BCUT2D eigenvalue weighted by molar-refractivity contribution is -0.123. The van der Waals surface area contributed by atoms with Crippen LogP contribution in [0.15, 0.2) is 23.1 Å². The average Bonchev–Trinajstić information content (AvgIpc) is 3.16. The molecular weight excluding hydrogens is 438 g/mol. The molecule has 0 saturated carbocycles. The Bertz CT molecular complexity index is 1290. The summed E-state index contributed by atoms with van der Waals surface area (Å²) in [4.78, 5) is 38.7. The van der Waals surface area contributed by atoms with E-state index in [0.717, 1.165) is 6.08 Å². The van der Waals surface area contributed by atoms with Gasteiger partial charge in [-0.25, -0.2) is 8.42 Å². The summed E-state index contributed by atoms with van der Waals surface area (Å²) in [5.41, 5.74) is -1.70. The fraction of sp³-hybridized carbons (Fsp3) is 0.409. The van der Waals surface area contributed by atoms with Gasteiger partial charge >= 0.3 is 0 Å². The van der Waals surface area contributed by atoms with Crippen molar-refractivity contribution < 1.29 is 37.8 Å².